The minimum absolute atomic E-state index is 0.103. The van der Waals surface area contributed by atoms with Crippen molar-refractivity contribution in [3.63, 3.8) is 0 Å². The number of benzene rings is 1. The van der Waals surface area contributed by atoms with E-state index in [1.54, 1.807) is 6.92 Å². The number of hydrogen-bond donors (Lipinski definition) is 5. The topological polar surface area (TPSA) is 128 Å². The molecule has 1 aromatic carbocycles. The summed E-state index contributed by atoms with van der Waals surface area (Å²) in [7, 11) is 0. The molecule has 0 saturated heterocycles. The van der Waals surface area contributed by atoms with Gasteiger partial charge in [-0.25, -0.2) is 0 Å². The predicted molar refractivity (Wildman–Crippen MR) is 110 cm³/mol. The second-order valence-electron chi connectivity index (χ2n) is 6.79. The summed E-state index contributed by atoms with van der Waals surface area (Å²) in [4.78, 5) is 48.0. The fraction of sp³-hybridized carbons (Fsp3) is 0.500. The van der Waals surface area contributed by atoms with Crippen LogP contribution in [0.1, 0.15) is 26.3 Å². The van der Waals surface area contributed by atoms with E-state index in [4.69, 9.17) is 0 Å². The van der Waals surface area contributed by atoms with Crippen LogP contribution in [0.15, 0.2) is 30.3 Å². The standard InChI is InChI=1S/C20H31N5O4/c1-4-21-17(26)12-24-20(29)16(10-15-8-6-5-7-9-15)25-19(28)13-23-18(27)11-22-14(2)3/h5-9,14,16,22H,4,10-13H2,1-3H3,(H,21,26)(H,23,27)(H,24,29)(H,25,28)/t16-/m0/s1. The summed E-state index contributed by atoms with van der Waals surface area (Å²) >= 11 is 0. The molecule has 0 aliphatic carbocycles. The molecule has 0 aliphatic heterocycles. The Hall–Kier alpha value is -2.94. The highest BCUT2D eigenvalue weighted by atomic mass is 16.2. The second kappa shape index (κ2) is 13.3. The van der Waals surface area contributed by atoms with Crippen LogP contribution in [-0.4, -0.2) is 61.9 Å². The number of hydrogen-bond acceptors (Lipinski definition) is 5. The number of carbonyl (C=O) groups excluding carboxylic acids is 4. The maximum absolute atomic E-state index is 12.5. The summed E-state index contributed by atoms with van der Waals surface area (Å²) in [5, 5.41) is 13.2. The highest BCUT2D eigenvalue weighted by molar-refractivity contribution is 5.92. The van der Waals surface area contributed by atoms with Gasteiger partial charge >= 0.3 is 0 Å². The first-order valence-electron chi connectivity index (χ1n) is 9.69. The molecule has 1 atom stereocenters. The SMILES string of the molecule is CCNC(=O)CNC(=O)[C@H](Cc1ccccc1)NC(=O)CNC(=O)CNC(C)C. The molecule has 1 rings (SSSR count). The quantitative estimate of drug-likeness (QED) is 0.307. The molecular weight excluding hydrogens is 374 g/mol. The van der Waals surface area contributed by atoms with Crippen molar-refractivity contribution in [1.82, 2.24) is 26.6 Å². The maximum Gasteiger partial charge on any atom is 0.243 e. The first kappa shape index (κ1) is 24.1. The Morgan fingerprint density at radius 3 is 2.07 bits per heavy atom. The lowest BCUT2D eigenvalue weighted by Crippen LogP contribution is -2.52. The van der Waals surface area contributed by atoms with Gasteiger partial charge in [-0.3, -0.25) is 19.2 Å². The summed E-state index contributed by atoms with van der Waals surface area (Å²) in [5.41, 5.74) is 0.858. The fourth-order valence-electron chi connectivity index (χ4n) is 2.39. The summed E-state index contributed by atoms with van der Waals surface area (Å²) in [6.45, 7) is 5.75. The molecule has 0 fully saturated rings. The Bertz CT molecular complexity index is 679. The third kappa shape index (κ3) is 10.8. The van der Waals surface area contributed by atoms with Gasteiger partial charge in [0.25, 0.3) is 0 Å². The van der Waals surface area contributed by atoms with Gasteiger partial charge < -0.3 is 26.6 Å². The molecule has 29 heavy (non-hydrogen) atoms. The van der Waals surface area contributed by atoms with Crippen molar-refractivity contribution < 1.29 is 19.2 Å². The number of amides is 4. The molecule has 5 N–H and O–H groups in total. The van der Waals surface area contributed by atoms with Crippen LogP contribution in [0.2, 0.25) is 0 Å². The summed E-state index contributed by atoms with van der Waals surface area (Å²) in [6.07, 6.45) is 0.261. The Morgan fingerprint density at radius 2 is 1.45 bits per heavy atom. The Labute approximate surface area is 171 Å². The van der Waals surface area contributed by atoms with Crippen LogP contribution < -0.4 is 26.6 Å². The lowest BCUT2D eigenvalue weighted by atomic mass is 10.1. The normalized spacial score (nSPS) is 11.4. The van der Waals surface area contributed by atoms with Gasteiger partial charge in [0.1, 0.15) is 6.04 Å². The first-order valence-corrected chi connectivity index (χ1v) is 9.69. The maximum atomic E-state index is 12.5. The molecule has 0 saturated carbocycles. The van der Waals surface area contributed by atoms with Crippen molar-refractivity contribution in [2.75, 3.05) is 26.2 Å². The van der Waals surface area contributed by atoms with Gasteiger partial charge in [-0.15, -0.1) is 0 Å². The Kier molecular flexibility index (Phi) is 11.0. The monoisotopic (exact) mass is 405 g/mol. The van der Waals surface area contributed by atoms with E-state index in [1.165, 1.54) is 0 Å². The van der Waals surface area contributed by atoms with Crippen LogP contribution in [0.3, 0.4) is 0 Å². The molecule has 0 aromatic heterocycles. The highest BCUT2D eigenvalue weighted by Crippen LogP contribution is 2.03. The van der Waals surface area contributed by atoms with Crippen LogP contribution in [0.4, 0.5) is 0 Å². The lowest BCUT2D eigenvalue weighted by molar-refractivity contribution is -0.130. The van der Waals surface area contributed by atoms with Gasteiger partial charge in [0, 0.05) is 19.0 Å². The van der Waals surface area contributed by atoms with E-state index >= 15 is 0 Å². The van der Waals surface area contributed by atoms with E-state index in [0.717, 1.165) is 5.56 Å². The van der Waals surface area contributed by atoms with Crippen LogP contribution in [0.25, 0.3) is 0 Å². The van der Waals surface area contributed by atoms with Gasteiger partial charge in [0.2, 0.25) is 23.6 Å². The summed E-state index contributed by atoms with van der Waals surface area (Å²) in [5.74, 6) is -1.58. The number of likely N-dealkylation sites (N-methyl/N-ethyl adjacent to an activating group) is 1. The minimum atomic E-state index is -0.870. The van der Waals surface area contributed by atoms with Crippen molar-refractivity contribution in [3.05, 3.63) is 35.9 Å². The van der Waals surface area contributed by atoms with Crippen LogP contribution in [0, 0.1) is 0 Å². The number of carbonyl (C=O) groups is 4. The minimum Gasteiger partial charge on any atom is -0.355 e. The zero-order valence-corrected chi connectivity index (χ0v) is 17.2. The second-order valence-corrected chi connectivity index (χ2v) is 6.79. The molecule has 0 radical (unpaired) electrons. The fourth-order valence-corrected chi connectivity index (χ4v) is 2.39. The lowest BCUT2D eigenvalue weighted by Gasteiger charge is -2.19. The third-order valence-electron chi connectivity index (χ3n) is 3.85. The Morgan fingerprint density at radius 1 is 0.828 bits per heavy atom. The van der Waals surface area contributed by atoms with Gasteiger partial charge in [0.15, 0.2) is 0 Å². The van der Waals surface area contributed by atoms with Crippen LogP contribution in [0.5, 0.6) is 0 Å². The average molecular weight is 405 g/mol. The van der Waals surface area contributed by atoms with Crippen LogP contribution in [-0.2, 0) is 25.6 Å². The zero-order chi connectivity index (χ0) is 21.6. The Balaban J connectivity index is 2.62. The molecule has 4 amide bonds. The molecule has 9 heteroatoms. The summed E-state index contributed by atoms with van der Waals surface area (Å²) < 4.78 is 0. The van der Waals surface area contributed by atoms with Gasteiger partial charge in [-0.05, 0) is 12.5 Å². The van der Waals surface area contributed by atoms with E-state index in [-0.39, 0.29) is 43.9 Å². The molecule has 9 nitrogen and oxygen atoms in total. The highest BCUT2D eigenvalue weighted by Gasteiger charge is 2.22. The molecule has 160 valence electrons. The van der Waals surface area contributed by atoms with E-state index in [9.17, 15) is 19.2 Å². The van der Waals surface area contributed by atoms with Crippen molar-refractivity contribution in [1.29, 1.82) is 0 Å². The van der Waals surface area contributed by atoms with Gasteiger partial charge in [0.05, 0.1) is 19.6 Å². The largest absolute Gasteiger partial charge is 0.355 e. The first-order chi connectivity index (χ1) is 13.8. The van der Waals surface area contributed by atoms with Crippen molar-refractivity contribution in [3.8, 4) is 0 Å². The average Bonchev–Trinajstić information content (AvgIpc) is 2.69. The summed E-state index contributed by atoms with van der Waals surface area (Å²) in [6, 6.07) is 8.49. The molecule has 0 spiro atoms. The van der Waals surface area contributed by atoms with Crippen LogP contribution >= 0.6 is 0 Å². The smallest absolute Gasteiger partial charge is 0.243 e. The number of rotatable bonds is 12. The molecule has 0 aliphatic rings. The molecule has 1 aromatic rings. The van der Waals surface area contributed by atoms with Crippen molar-refractivity contribution in [2.24, 2.45) is 0 Å². The molecular formula is C20H31N5O4. The van der Waals surface area contributed by atoms with Gasteiger partial charge in [-0.1, -0.05) is 44.2 Å². The molecule has 0 heterocycles. The predicted octanol–water partition coefficient (Wildman–Crippen LogP) is -0.920. The van der Waals surface area contributed by atoms with Gasteiger partial charge in [-0.2, -0.15) is 0 Å². The molecule has 0 unspecified atom stereocenters. The van der Waals surface area contributed by atoms with E-state index in [2.05, 4.69) is 26.6 Å². The number of nitrogens with one attached hydrogen (secondary N) is 5. The van der Waals surface area contributed by atoms with Crippen molar-refractivity contribution in [2.45, 2.75) is 39.3 Å². The van der Waals surface area contributed by atoms with E-state index in [0.29, 0.717) is 6.54 Å². The van der Waals surface area contributed by atoms with E-state index in [1.807, 2.05) is 44.2 Å². The zero-order valence-electron chi connectivity index (χ0n) is 17.2. The third-order valence-corrected chi connectivity index (χ3v) is 3.85. The van der Waals surface area contributed by atoms with E-state index < -0.39 is 17.9 Å². The van der Waals surface area contributed by atoms with Crippen molar-refractivity contribution >= 4 is 23.6 Å². The molecule has 0 bridgehead atoms.